The van der Waals surface area contributed by atoms with Crippen molar-refractivity contribution in [3.8, 4) is 5.69 Å². The van der Waals surface area contributed by atoms with Gasteiger partial charge in [-0.25, -0.2) is 4.98 Å². The summed E-state index contributed by atoms with van der Waals surface area (Å²) < 4.78 is 1.98. The largest absolute Gasteiger partial charge is 0.384 e. The minimum absolute atomic E-state index is 0.172. The Kier molecular flexibility index (Phi) is 3.62. The molecule has 0 spiro atoms. The van der Waals surface area contributed by atoms with Crippen molar-refractivity contribution in [2.45, 2.75) is 6.92 Å². The molecule has 0 aliphatic heterocycles. The second kappa shape index (κ2) is 5.73. The first-order chi connectivity index (χ1) is 10.6. The number of benzene rings is 1. The van der Waals surface area contributed by atoms with Crippen LogP contribution in [0.2, 0.25) is 0 Å². The number of aromatic nitrogens is 2. The molecule has 0 fully saturated rings. The molecule has 0 aliphatic rings. The van der Waals surface area contributed by atoms with Crippen molar-refractivity contribution in [3.63, 3.8) is 0 Å². The summed E-state index contributed by atoms with van der Waals surface area (Å²) in [6, 6.07) is 14.7. The SMILES string of the molecule is Cc1nc(N)ccc1NC(=O)c1ccc(-n2cccc2)cc1. The van der Waals surface area contributed by atoms with Crippen molar-refractivity contribution in [1.82, 2.24) is 9.55 Å². The molecule has 2 heterocycles. The maximum Gasteiger partial charge on any atom is 0.255 e. The molecule has 1 amide bonds. The van der Waals surface area contributed by atoms with E-state index in [2.05, 4.69) is 10.3 Å². The van der Waals surface area contributed by atoms with Gasteiger partial charge in [-0.1, -0.05) is 0 Å². The van der Waals surface area contributed by atoms with Gasteiger partial charge in [0.25, 0.3) is 5.91 Å². The first kappa shape index (κ1) is 13.9. The first-order valence-corrected chi connectivity index (χ1v) is 6.91. The van der Waals surface area contributed by atoms with Crippen LogP contribution in [0.3, 0.4) is 0 Å². The Bertz CT molecular complexity index is 792. The average Bonchev–Trinajstić information content (AvgIpc) is 3.04. The van der Waals surface area contributed by atoms with Gasteiger partial charge in [0.15, 0.2) is 0 Å². The Morgan fingerprint density at radius 1 is 1.09 bits per heavy atom. The van der Waals surface area contributed by atoms with E-state index in [0.29, 0.717) is 22.8 Å². The number of hydrogen-bond acceptors (Lipinski definition) is 3. The van der Waals surface area contributed by atoms with E-state index in [0.717, 1.165) is 5.69 Å². The third-order valence-electron chi connectivity index (χ3n) is 3.39. The fourth-order valence-electron chi connectivity index (χ4n) is 2.20. The molecular formula is C17H16N4O. The minimum Gasteiger partial charge on any atom is -0.384 e. The molecular weight excluding hydrogens is 276 g/mol. The Labute approximate surface area is 128 Å². The Balaban J connectivity index is 1.77. The molecule has 0 atom stereocenters. The molecule has 3 N–H and O–H groups in total. The van der Waals surface area contributed by atoms with Crippen LogP contribution in [-0.2, 0) is 0 Å². The number of nitrogens with zero attached hydrogens (tertiary/aromatic N) is 2. The van der Waals surface area contributed by atoms with Crippen LogP contribution >= 0.6 is 0 Å². The monoisotopic (exact) mass is 292 g/mol. The number of hydrogen-bond donors (Lipinski definition) is 2. The Hall–Kier alpha value is -3.08. The number of nitrogen functional groups attached to an aromatic ring is 1. The van der Waals surface area contributed by atoms with Crippen molar-refractivity contribution in [2.24, 2.45) is 0 Å². The van der Waals surface area contributed by atoms with Crippen LogP contribution in [0, 0.1) is 6.92 Å². The summed E-state index contributed by atoms with van der Waals surface area (Å²) in [6.45, 7) is 1.81. The van der Waals surface area contributed by atoms with E-state index in [-0.39, 0.29) is 5.91 Å². The molecule has 0 aliphatic carbocycles. The molecule has 1 aromatic carbocycles. The standard InChI is InChI=1S/C17H16N4O/c1-12-15(8-9-16(18)19-12)20-17(22)13-4-6-14(7-5-13)21-10-2-3-11-21/h2-11H,1H3,(H2,18,19)(H,20,22). The van der Waals surface area contributed by atoms with Crippen LogP contribution in [0.15, 0.2) is 60.9 Å². The smallest absolute Gasteiger partial charge is 0.255 e. The van der Waals surface area contributed by atoms with E-state index < -0.39 is 0 Å². The lowest BCUT2D eigenvalue weighted by Crippen LogP contribution is -2.13. The molecule has 3 aromatic rings. The minimum atomic E-state index is -0.172. The highest BCUT2D eigenvalue weighted by molar-refractivity contribution is 6.04. The van der Waals surface area contributed by atoms with Gasteiger partial charge in [-0.2, -0.15) is 0 Å². The quantitative estimate of drug-likeness (QED) is 0.779. The van der Waals surface area contributed by atoms with Gasteiger partial charge in [0.05, 0.1) is 11.4 Å². The van der Waals surface area contributed by atoms with Crippen LogP contribution in [0.5, 0.6) is 0 Å². The van der Waals surface area contributed by atoms with Gasteiger partial charge in [0.2, 0.25) is 0 Å². The fraction of sp³-hybridized carbons (Fsp3) is 0.0588. The molecule has 5 heteroatoms. The number of nitrogens with one attached hydrogen (secondary N) is 1. The van der Waals surface area contributed by atoms with Crippen molar-refractivity contribution in [2.75, 3.05) is 11.1 Å². The third-order valence-corrected chi connectivity index (χ3v) is 3.39. The van der Waals surface area contributed by atoms with Gasteiger partial charge in [0.1, 0.15) is 5.82 Å². The molecule has 2 aromatic heterocycles. The maximum absolute atomic E-state index is 12.3. The Morgan fingerprint density at radius 2 is 1.77 bits per heavy atom. The number of amides is 1. The molecule has 0 saturated heterocycles. The summed E-state index contributed by atoms with van der Waals surface area (Å²) in [4.78, 5) is 16.4. The predicted octanol–water partition coefficient (Wildman–Crippen LogP) is 3.02. The molecule has 110 valence electrons. The zero-order valence-electron chi connectivity index (χ0n) is 12.2. The van der Waals surface area contributed by atoms with E-state index in [4.69, 9.17) is 5.73 Å². The first-order valence-electron chi connectivity index (χ1n) is 6.91. The number of carbonyl (C=O) groups excluding carboxylic acids is 1. The molecule has 0 bridgehead atoms. The van der Waals surface area contributed by atoms with Gasteiger partial charge in [-0.3, -0.25) is 4.79 Å². The summed E-state index contributed by atoms with van der Waals surface area (Å²) in [6.07, 6.45) is 3.91. The normalized spacial score (nSPS) is 10.4. The van der Waals surface area contributed by atoms with E-state index >= 15 is 0 Å². The van der Waals surface area contributed by atoms with Crippen molar-refractivity contribution < 1.29 is 4.79 Å². The summed E-state index contributed by atoms with van der Waals surface area (Å²) in [5.41, 5.74) is 8.56. The van der Waals surface area contributed by atoms with Crippen LogP contribution in [0.25, 0.3) is 5.69 Å². The highest BCUT2D eigenvalue weighted by Crippen LogP contribution is 2.16. The third kappa shape index (κ3) is 2.83. The highest BCUT2D eigenvalue weighted by atomic mass is 16.1. The predicted molar refractivity (Wildman–Crippen MR) is 87.1 cm³/mol. The zero-order valence-corrected chi connectivity index (χ0v) is 12.2. The van der Waals surface area contributed by atoms with E-state index in [1.54, 1.807) is 31.2 Å². The molecule has 3 rings (SSSR count). The van der Waals surface area contributed by atoms with Gasteiger partial charge >= 0.3 is 0 Å². The average molecular weight is 292 g/mol. The Morgan fingerprint density at radius 3 is 2.41 bits per heavy atom. The second-order valence-electron chi connectivity index (χ2n) is 4.96. The molecule has 0 radical (unpaired) electrons. The lowest BCUT2D eigenvalue weighted by atomic mass is 10.2. The van der Waals surface area contributed by atoms with Gasteiger partial charge in [-0.15, -0.1) is 0 Å². The topological polar surface area (TPSA) is 72.9 Å². The summed E-state index contributed by atoms with van der Waals surface area (Å²) in [5.74, 6) is 0.264. The second-order valence-corrected chi connectivity index (χ2v) is 4.96. The van der Waals surface area contributed by atoms with Crippen LogP contribution in [0.1, 0.15) is 16.1 Å². The zero-order chi connectivity index (χ0) is 15.5. The molecule has 5 nitrogen and oxygen atoms in total. The van der Waals surface area contributed by atoms with Gasteiger partial charge in [0, 0.05) is 23.6 Å². The lowest BCUT2D eigenvalue weighted by Gasteiger charge is -2.09. The fourth-order valence-corrected chi connectivity index (χ4v) is 2.20. The van der Waals surface area contributed by atoms with Crippen LogP contribution in [-0.4, -0.2) is 15.5 Å². The van der Waals surface area contributed by atoms with Crippen molar-refractivity contribution >= 4 is 17.4 Å². The van der Waals surface area contributed by atoms with Crippen LogP contribution < -0.4 is 11.1 Å². The van der Waals surface area contributed by atoms with Crippen molar-refractivity contribution in [3.05, 3.63) is 72.2 Å². The van der Waals surface area contributed by atoms with E-state index in [1.807, 2.05) is 41.2 Å². The summed E-state index contributed by atoms with van der Waals surface area (Å²) in [5, 5.41) is 2.84. The lowest BCUT2D eigenvalue weighted by molar-refractivity contribution is 0.102. The number of nitrogens with two attached hydrogens (primary N) is 1. The number of anilines is 2. The number of carbonyl (C=O) groups is 1. The maximum atomic E-state index is 12.3. The van der Waals surface area contributed by atoms with Crippen molar-refractivity contribution in [1.29, 1.82) is 0 Å². The number of aryl methyl sites for hydroxylation is 1. The highest BCUT2D eigenvalue weighted by Gasteiger charge is 2.08. The molecule has 0 unspecified atom stereocenters. The molecule has 22 heavy (non-hydrogen) atoms. The van der Waals surface area contributed by atoms with Gasteiger partial charge < -0.3 is 15.6 Å². The van der Waals surface area contributed by atoms with E-state index in [9.17, 15) is 4.79 Å². The summed E-state index contributed by atoms with van der Waals surface area (Å²) >= 11 is 0. The van der Waals surface area contributed by atoms with Crippen LogP contribution in [0.4, 0.5) is 11.5 Å². The van der Waals surface area contributed by atoms with E-state index in [1.165, 1.54) is 0 Å². The molecule has 0 saturated carbocycles. The number of pyridine rings is 1. The summed E-state index contributed by atoms with van der Waals surface area (Å²) in [7, 11) is 0. The van der Waals surface area contributed by atoms with Gasteiger partial charge in [-0.05, 0) is 55.5 Å². The number of rotatable bonds is 3.